The van der Waals surface area contributed by atoms with E-state index in [0.29, 0.717) is 17.4 Å². The molecular formula is C12H16N4O2. The Morgan fingerprint density at radius 1 is 1.39 bits per heavy atom. The summed E-state index contributed by atoms with van der Waals surface area (Å²) in [5, 5.41) is 0.306. The van der Waals surface area contributed by atoms with Crippen molar-refractivity contribution >= 4 is 16.7 Å². The highest BCUT2D eigenvalue weighted by atomic mass is 16.2. The normalized spacial score (nSPS) is 11.3. The third kappa shape index (κ3) is 1.79. The van der Waals surface area contributed by atoms with Gasteiger partial charge in [-0.25, -0.2) is 9.78 Å². The first-order valence-corrected chi connectivity index (χ1v) is 5.77. The molecule has 2 rings (SSSR count). The van der Waals surface area contributed by atoms with Crippen LogP contribution >= 0.6 is 0 Å². The van der Waals surface area contributed by atoms with Crippen LogP contribution in [0.5, 0.6) is 0 Å². The van der Waals surface area contributed by atoms with E-state index in [1.807, 2.05) is 13.8 Å². The molecule has 0 saturated heterocycles. The highest BCUT2D eigenvalue weighted by molar-refractivity contribution is 5.87. The van der Waals surface area contributed by atoms with Gasteiger partial charge in [0.1, 0.15) is 11.2 Å². The lowest BCUT2D eigenvalue weighted by Gasteiger charge is -2.14. The van der Waals surface area contributed by atoms with Crippen LogP contribution < -0.4 is 17.0 Å². The lowest BCUT2D eigenvalue weighted by molar-refractivity contribution is 0.502. The van der Waals surface area contributed by atoms with Gasteiger partial charge in [0, 0.05) is 19.8 Å². The predicted molar refractivity (Wildman–Crippen MR) is 70.5 cm³/mol. The Morgan fingerprint density at radius 3 is 2.67 bits per heavy atom. The largest absolute Gasteiger partial charge is 0.383 e. The second-order valence-corrected chi connectivity index (χ2v) is 4.74. The van der Waals surface area contributed by atoms with Gasteiger partial charge in [0.25, 0.3) is 5.56 Å². The molecule has 2 N–H and O–H groups in total. The van der Waals surface area contributed by atoms with Crippen LogP contribution in [0.3, 0.4) is 0 Å². The number of nitrogen functional groups attached to an aromatic ring is 1. The maximum absolute atomic E-state index is 12.1. The fraction of sp³-hybridized carbons (Fsp3) is 0.417. The number of hydrogen-bond donors (Lipinski definition) is 1. The van der Waals surface area contributed by atoms with E-state index in [2.05, 4.69) is 4.98 Å². The minimum Gasteiger partial charge on any atom is -0.383 e. The molecule has 96 valence electrons. The molecule has 0 fully saturated rings. The van der Waals surface area contributed by atoms with Gasteiger partial charge in [-0.15, -0.1) is 0 Å². The van der Waals surface area contributed by atoms with E-state index in [4.69, 9.17) is 5.73 Å². The predicted octanol–water partition coefficient (Wildman–Crippen LogP) is 0.333. The minimum atomic E-state index is -0.402. The second kappa shape index (κ2) is 4.29. The molecule has 18 heavy (non-hydrogen) atoms. The number of anilines is 1. The van der Waals surface area contributed by atoms with Crippen LogP contribution in [-0.2, 0) is 13.6 Å². The summed E-state index contributed by atoms with van der Waals surface area (Å²) in [4.78, 5) is 28.1. The van der Waals surface area contributed by atoms with E-state index in [-0.39, 0.29) is 17.4 Å². The van der Waals surface area contributed by atoms with Gasteiger partial charge in [-0.2, -0.15) is 0 Å². The molecule has 6 heteroatoms. The Labute approximate surface area is 104 Å². The van der Waals surface area contributed by atoms with Crippen LogP contribution in [-0.4, -0.2) is 14.1 Å². The van der Waals surface area contributed by atoms with Gasteiger partial charge in [0.05, 0.1) is 5.52 Å². The van der Waals surface area contributed by atoms with Crippen molar-refractivity contribution in [3.63, 3.8) is 0 Å². The molecule has 0 aliphatic heterocycles. The van der Waals surface area contributed by atoms with Gasteiger partial charge in [-0.3, -0.25) is 13.9 Å². The van der Waals surface area contributed by atoms with E-state index < -0.39 is 5.56 Å². The molecule has 0 radical (unpaired) electrons. The zero-order valence-electron chi connectivity index (χ0n) is 10.7. The monoisotopic (exact) mass is 248 g/mol. The molecule has 0 aromatic carbocycles. The van der Waals surface area contributed by atoms with Crippen LogP contribution in [0.2, 0.25) is 0 Å². The number of aromatic nitrogens is 3. The topological polar surface area (TPSA) is 82.9 Å². The van der Waals surface area contributed by atoms with Gasteiger partial charge in [0.15, 0.2) is 0 Å². The average Bonchev–Trinajstić information content (AvgIpc) is 2.31. The second-order valence-electron chi connectivity index (χ2n) is 4.74. The number of hydrogen-bond acceptors (Lipinski definition) is 4. The lowest BCUT2D eigenvalue weighted by Crippen LogP contribution is -2.39. The standard InChI is InChI=1S/C12H16N4O2/c1-7(2)6-16-8-4-5-14-10(13)9(8)11(17)15(3)12(16)18/h4-5,7H,6H2,1-3H3,(H2,13,14). The molecule has 2 aromatic heterocycles. The smallest absolute Gasteiger partial charge is 0.331 e. The zero-order chi connectivity index (χ0) is 13.4. The van der Waals surface area contributed by atoms with Crippen molar-refractivity contribution in [2.45, 2.75) is 20.4 Å². The molecule has 2 aromatic rings. The Hall–Kier alpha value is -2.11. The van der Waals surface area contributed by atoms with Gasteiger partial charge in [-0.05, 0) is 12.0 Å². The van der Waals surface area contributed by atoms with Crippen molar-refractivity contribution in [1.82, 2.24) is 14.1 Å². The zero-order valence-corrected chi connectivity index (χ0v) is 10.7. The van der Waals surface area contributed by atoms with E-state index in [9.17, 15) is 9.59 Å². The summed E-state index contributed by atoms with van der Waals surface area (Å²) in [6.45, 7) is 4.55. The highest BCUT2D eigenvalue weighted by Gasteiger charge is 2.14. The van der Waals surface area contributed by atoms with Crippen LogP contribution in [0.4, 0.5) is 5.82 Å². The summed E-state index contributed by atoms with van der Waals surface area (Å²) < 4.78 is 2.64. The van der Waals surface area contributed by atoms with Crippen LogP contribution in [0.15, 0.2) is 21.9 Å². The third-order valence-corrected chi connectivity index (χ3v) is 2.83. The first-order chi connectivity index (χ1) is 8.43. The molecule has 0 aliphatic carbocycles. The summed E-state index contributed by atoms with van der Waals surface area (Å²) >= 11 is 0. The van der Waals surface area contributed by atoms with Crippen molar-refractivity contribution in [3.8, 4) is 0 Å². The van der Waals surface area contributed by atoms with E-state index in [0.717, 1.165) is 4.57 Å². The van der Waals surface area contributed by atoms with Crippen molar-refractivity contribution in [1.29, 1.82) is 0 Å². The van der Waals surface area contributed by atoms with Gasteiger partial charge in [0.2, 0.25) is 0 Å². The Morgan fingerprint density at radius 2 is 2.06 bits per heavy atom. The van der Waals surface area contributed by atoms with E-state index in [1.165, 1.54) is 13.2 Å². The van der Waals surface area contributed by atoms with Crippen LogP contribution in [0, 0.1) is 5.92 Å². The van der Waals surface area contributed by atoms with Gasteiger partial charge >= 0.3 is 5.69 Å². The number of fused-ring (bicyclic) bond motifs is 1. The molecule has 6 nitrogen and oxygen atoms in total. The summed E-state index contributed by atoms with van der Waals surface area (Å²) in [5.41, 5.74) is 5.55. The number of pyridine rings is 1. The molecule has 0 saturated carbocycles. The van der Waals surface area contributed by atoms with Gasteiger partial charge < -0.3 is 5.73 Å². The van der Waals surface area contributed by atoms with Crippen LogP contribution in [0.1, 0.15) is 13.8 Å². The summed E-state index contributed by atoms with van der Waals surface area (Å²) in [5.74, 6) is 0.448. The van der Waals surface area contributed by atoms with Crippen molar-refractivity contribution in [3.05, 3.63) is 33.1 Å². The number of rotatable bonds is 2. The summed E-state index contributed by atoms with van der Waals surface area (Å²) in [6.07, 6.45) is 1.51. The van der Waals surface area contributed by atoms with E-state index in [1.54, 1.807) is 10.6 Å². The Bertz CT molecular complexity index is 712. The maximum atomic E-state index is 12.1. The van der Waals surface area contributed by atoms with Crippen molar-refractivity contribution < 1.29 is 0 Å². The fourth-order valence-electron chi connectivity index (χ4n) is 1.99. The molecule has 2 heterocycles. The Balaban J connectivity index is 2.98. The lowest BCUT2D eigenvalue weighted by atomic mass is 10.2. The maximum Gasteiger partial charge on any atom is 0.331 e. The Kier molecular flexibility index (Phi) is 2.94. The molecule has 0 bridgehead atoms. The SMILES string of the molecule is CC(C)Cn1c(=O)n(C)c(=O)c2c(N)nccc21. The molecule has 0 unspecified atom stereocenters. The molecule has 0 atom stereocenters. The van der Waals surface area contributed by atoms with Crippen LogP contribution in [0.25, 0.3) is 10.9 Å². The molecule has 0 aliphatic rings. The van der Waals surface area contributed by atoms with Crippen molar-refractivity contribution in [2.75, 3.05) is 5.73 Å². The third-order valence-electron chi connectivity index (χ3n) is 2.83. The molecule has 0 spiro atoms. The van der Waals surface area contributed by atoms with Gasteiger partial charge in [-0.1, -0.05) is 13.8 Å². The minimum absolute atomic E-state index is 0.158. The number of nitrogens with two attached hydrogens (primary N) is 1. The summed E-state index contributed by atoms with van der Waals surface area (Å²) in [6, 6.07) is 1.65. The summed E-state index contributed by atoms with van der Waals surface area (Å²) in [7, 11) is 1.45. The molecular weight excluding hydrogens is 232 g/mol. The van der Waals surface area contributed by atoms with E-state index >= 15 is 0 Å². The average molecular weight is 248 g/mol. The first kappa shape index (κ1) is 12.3. The fourth-order valence-corrected chi connectivity index (χ4v) is 1.99. The first-order valence-electron chi connectivity index (χ1n) is 5.77. The van der Waals surface area contributed by atoms with Crippen molar-refractivity contribution in [2.24, 2.45) is 13.0 Å². The highest BCUT2D eigenvalue weighted by Crippen LogP contribution is 2.13. The quantitative estimate of drug-likeness (QED) is 0.830. The number of nitrogens with zero attached hydrogens (tertiary/aromatic N) is 3. The molecule has 0 amide bonds.